The van der Waals surface area contributed by atoms with Crippen molar-refractivity contribution in [2.24, 2.45) is 0 Å². The van der Waals surface area contributed by atoms with Crippen LogP contribution in [0, 0.1) is 11.6 Å². The van der Waals surface area contributed by atoms with Gasteiger partial charge in [0.05, 0.1) is 26.5 Å². The maximum absolute atomic E-state index is 13.4. The lowest BCUT2D eigenvalue weighted by Crippen LogP contribution is -2.32. The van der Waals surface area contributed by atoms with E-state index in [1.807, 2.05) is 0 Å². The molecule has 0 unspecified atom stereocenters. The summed E-state index contributed by atoms with van der Waals surface area (Å²) in [5.74, 6) is 0.0992. The lowest BCUT2D eigenvalue weighted by atomic mass is 10.3. The molecule has 2 rings (SSSR count). The van der Waals surface area contributed by atoms with E-state index in [1.165, 1.54) is 14.2 Å². The van der Waals surface area contributed by atoms with Crippen LogP contribution < -0.4 is 24.8 Å². The van der Waals surface area contributed by atoms with Crippen LogP contribution in [-0.4, -0.2) is 33.4 Å². The zero-order valence-corrected chi connectivity index (χ0v) is 13.8. The SMILES string of the molecule is COc1cc(OC)cc(OCCNC(=O)Nc2ccc(F)cc2F)c1. The second kappa shape index (κ2) is 8.72. The van der Waals surface area contributed by atoms with Gasteiger partial charge in [-0.25, -0.2) is 13.6 Å². The van der Waals surface area contributed by atoms with E-state index in [2.05, 4.69) is 10.6 Å². The van der Waals surface area contributed by atoms with Gasteiger partial charge < -0.3 is 24.8 Å². The highest BCUT2D eigenvalue weighted by Crippen LogP contribution is 2.27. The molecular formula is C17H18F2N2O4. The fourth-order valence-electron chi connectivity index (χ4n) is 1.96. The first-order valence-corrected chi connectivity index (χ1v) is 7.37. The van der Waals surface area contributed by atoms with E-state index in [0.29, 0.717) is 23.3 Å². The number of hydrogen-bond donors (Lipinski definition) is 2. The van der Waals surface area contributed by atoms with E-state index in [1.54, 1.807) is 18.2 Å². The van der Waals surface area contributed by atoms with Crippen molar-refractivity contribution in [2.75, 3.05) is 32.7 Å². The first-order chi connectivity index (χ1) is 12.0. The normalized spacial score (nSPS) is 10.1. The number of hydrogen-bond acceptors (Lipinski definition) is 4. The number of ether oxygens (including phenoxy) is 3. The Morgan fingerprint density at radius 1 is 1.00 bits per heavy atom. The van der Waals surface area contributed by atoms with Gasteiger partial charge in [-0.3, -0.25) is 0 Å². The highest BCUT2D eigenvalue weighted by atomic mass is 19.1. The van der Waals surface area contributed by atoms with E-state index in [-0.39, 0.29) is 18.8 Å². The van der Waals surface area contributed by atoms with Crippen molar-refractivity contribution < 1.29 is 27.8 Å². The quantitative estimate of drug-likeness (QED) is 0.751. The molecule has 134 valence electrons. The zero-order valence-electron chi connectivity index (χ0n) is 13.8. The minimum Gasteiger partial charge on any atom is -0.496 e. The number of halogens is 2. The molecule has 0 radical (unpaired) electrons. The molecule has 0 saturated heterocycles. The Kier molecular flexibility index (Phi) is 6.39. The smallest absolute Gasteiger partial charge is 0.319 e. The van der Waals surface area contributed by atoms with Crippen LogP contribution in [-0.2, 0) is 0 Å². The minimum absolute atomic E-state index is 0.114. The summed E-state index contributed by atoms with van der Waals surface area (Å²) in [6.07, 6.45) is 0. The molecule has 8 heteroatoms. The average molecular weight is 352 g/mol. The van der Waals surface area contributed by atoms with Crippen LogP contribution in [0.3, 0.4) is 0 Å². The Balaban J connectivity index is 1.80. The van der Waals surface area contributed by atoms with Gasteiger partial charge in [0, 0.05) is 24.3 Å². The summed E-state index contributed by atoms with van der Waals surface area (Å²) in [4.78, 5) is 11.7. The molecular weight excluding hydrogens is 334 g/mol. The second-order valence-corrected chi connectivity index (χ2v) is 4.90. The summed E-state index contributed by atoms with van der Waals surface area (Å²) in [5.41, 5.74) is -0.114. The average Bonchev–Trinajstić information content (AvgIpc) is 2.60. The van der Waals surface area contributed by atoms with Crippen LogP contribution in [0.1, 0.15) is 0 Å². The molecule has 0 saturated carbocycles. The van der Waals surface area contributed by atoms with Gasteiger partial charge in [0.25, 0.3) is 0 Å². The standard InChI is InChI=1S/C17H18F2N2O4/c1-23-12-8-13(24-2)10-14(9-12)25-6-5-20-17(22)21-16-4-3-11(18)7-15(16)19/h3-4,7-10H,5-6H2,1-2H3,(H2,20,21,22). The number of urea groups is 1. The molecule has 2 aromatic carbocycles. The summed E-state index contributed by atoms with van der Waals surface area (Å²) in [5, 5.41) is 4.79. The van der Waals surface area contributed by atoms with Crippen molar-refractivity contribution in [1.29, 1.82) is 0 Å². The highest BCUT2D eigenvalue weighted by molar-refractivity contribution is 5.89. The Labute approximate surface area is 143 Å². The third-order valence-electron chi connectivity index (χ3n) is 3.16. The summed E-state index contributed by atoms with van der Waals surface area (Å²) in [6, 6.07) is 7.32. The zero-order chi connectivity index (χ0) is 18.2. The number of amides is 2. The van der Waals surface area contributed by atoms with Crippen LogP contribution >= 0.6 is 0 Å². The molecule has 6 nitrogen and oxygen atoms in total. The van der Waals surface area contributed by atoms with Gasteiger partial charge in [0.2, 0.25) is 0 Å². The lowest BCUT2D eigenvalue weighted by Gasteiger charge is -2.11. The van der Waals surface area contributed by atoms with Gasteiger partial charge in [-0.05, 0) is 12.1 Å². The topological polar surface area (TPSA) is 68.8 Å². The van der Waals surface area contributed by atoms with Gasteiger partial charge >= 0.3 is 6.03 Å². The van der Waals surface area contributed by atoms with Crippen molar-refractivity contribution in [2.45, 2.75) is 0 Å². The first kappa shape index (κ1) is 18.3. The molecule has 25 heavy (non-hydrogen) atoms. The number of carbonyl (C=O) groups is 1. The van der Waals surface area contributed by atoms with Crippen LogP contribution in [0.25, 0.3) is 0 Å². The van der Waals surface area contributed by atoms with E-state index >= 15 is 0 Å². The maximum Gasteiger partial charge on any atom is 0.319 e. The third-order valence-corrected chi connectivity index (χ3v) is 3.16. The van der Waals surface area contributed by atoms with Crippen LogP contribution in [0.4, 0.5) is 19.3 Å². The molecule has 2 aromatic rings. The van der Waals surface area contributed by atoms with Crippen molar-refractivity contribution in [1.82, 2.24) is 5.32 Å². The fourth-order valence-corrected chi connectivity index (χ4v) is 1.96. The Hall–Kier alpha value is -3.03. The summed E-state index contributed by atoms with van der Waals surface area (Å²) >= 11 is 0. The Morgan fingerprint density at radius 3 is 2.24 bits per heavy atom. The van der Waals surface area contributed by atoms with Crippen LogP contribution in [0.15, 0.2) is 36.4 Å². The van der Waals surface area contributed by atoms with Crippen molar-refractivity contribution in [3.05, 3.63) is 48.0 Å². The summed E-state index contributed by atoms with van der Waals surface area (Å²) in [7, 11) is 3.05. The van der Waals surface area contributed by atoms with Crippen LogP contribution in [0.5, 0.6) is 17.2 Å². The number of benzene rings is 2. The molecule has 0 spiro atoms. The molecule has 0 atom stereocenters. The van der Waals surface area contributed by atoms with Gasteiger partial charge in [-0.15, -0.1) is 0 Å². The van der Waals surface area contributed by atoms with Gasteiger partial charge in [-0.2, -0.15) is 0 Å². The molecule has 2 N–H and O–H groups in total. The number of methoxy groups -OCH3 is 2. The van der Waals surface area contributed by atoms with Crippen molar-refractivity contribution in [3.8, 4) is 17.2 Å². The predicted octanol–water partition coefficient (Wildman–Crippen LogP) is 3.18. The first-order valence-electron chi connectivity index (χ1n) is 7.37. The van der Waals surface area contributed by atoms with E-state index in [0.717, 1.165) is 12.1 Å². The third kappa shape index (κ3) is 5.52. The van der Waals surface area contributed by atoms with Gasteiger partial charge in [0.15, 0.2) is 0 Å². The number of nitrogens with one attached hydrogen (secondary N) is 2. The lowest BCUT2D eigenvalue weighted by molar-refractivity contribution is 0.247. The van der Waals surface area contributed by atoms with E-state index in [9.17, 15) is 13.6 Å². The minimum atomic E-state index is -0.852. The Bertz CT molecular complexity index is 718. The second-order valence-electron chi connectivity index (χ2n) is 4.90. The number of anilines is 1. The Morgan fingerprint density at radius 2 is 1.64 bits per heavy atom. The molecule has 0 bridgehead atoms. The van der Waals surface area contributed by atoms with Crippen molar-refractivity contribution in [3.63, 3.8) is 0 Å². The number of rotatable bonds is 7. The predicted molar refractivity (Wildman–Crippen MR) is 88.4 cm³/mol. The molecule has 0 aliphatic heterocycles. The molecule has 0 aromatic heterocycles. The van der Waals surface area contributed by atoms with Gasteiger partial charge in [-0.1, -0.05) is 0 Å². The van der Waals surface area contributed by atoms with Crippen molar-refractivity contribution >= 4 is 11.7 Å². The fraction of sp³-hybridized carbons (Fsp3) is 0.235. The molecule has 0 heterocycles. The van der Waals surface area contributed by atoms with Gasteiger partial charge in [0.1, 0.15) is 35.5 Å². The largest absolute Gasteiger partial charge is 0.496 e. The maximum atomic E-state index is 13.4. The highest BCUT2D eigenvalue weighted by Gasteiger charge is 2.08. The summed E-state index contributed by atoms with van der Waals surface area (Å²) < 4.78 is 42.0. The van der Waals surface area contributed by atoms with Crippen LogP contribution in [0.2, 0.25) is 0 Å². The van der Waals surface area contributed by atoms with E-state index in [4.69, 9.17) is 14.2 Å². The monoisotopic (exact) mass is 352 g/mol. The summed E-state index contributed by atoms with van der Waals surface area (Å²) in [6.45, 7) is 0.351. The van der Waals surface area contributed by atoms with E-state index < -0.39 is 17.7 Å². The molecule has 0 aliphatic carbocycles. The molecule has 2 amide bonds. The number of carbonyl (C=O) groups excluding carboxylic acids is 1. The molecule has 0 fully saturated rings. The molecule has 0 aliphatic rings.